The van der Waals surface area contributed by atoms with Crippen molar-refractivity contribution in [3.63, 3.8) is 0 Å². The van der Waals surface area contributed by atoms with Gasteiger partial charge in [0.1, 0.15) is 0 Å². The van der Waals surface area contributed by atoms with E-state index >= 15 is 0 Å². The fraction of sp³-hybridized carbons (Fsp3) is 0.333. The van der Waals surface area contributed by atoms with Gasteiger partial charge in [-0.25, -0.2) is 9.38 Å². The summed E-state index contributed by atoms with van der Waals surface area (Å²) < 4.78 is 18.6. The highest BCUT2D eigenvalue weighted by atomic mass is 127. The molecule has 0 unspecified atom stereocenters. The lowest BCUT2D eigenvalue weighted by Gasteiger charge is -2.11. The van der Waals surface area contributed by atoms with Gasteiger partial charge < -0.3 is 15.4 Å². The second-order valence-electron chi connectivity index (χ2n) is 5.16. The molecule has 136 valence electrons. The minimum absolute atomic E-state index is 0. The minimum atomic E-state index is -0.377. The first-order valence-corrected chi connectivity index (χ1v) is 7.97. The standard InChI is InChI=1S/C18H23FN4O.HI/c1-3-20-18(22-11-9-15-6-4-5-10-21-15)23-13-14-7-8-17(24-2)16(19)12-14;/h4-8,10,12H,3,9,11,13H2,1-2H3,(H2,20,22,23);1H. The first kappa shape index (κ1) is 21.1. The first-order chi connectivity index (χ1) is 11.7. The van der Waals surface area contributed by atoms with Crippen LogP contribution < -0.4 is 15.4 Å². The van der Waals surface area contributed by atoms with Crippen LogP contribution in [0.1, 0.15) is 18.2 Å². The second kappa shape index (κ2) is 11.6. The highest BCUT2D eigenvalue weighted by Crippen LogP contribution is 2.17. The van der Waals surface area contributed by atoms with Crippen molar-refractivity contribution < 1.29 is 9.13 Å². The van der Waals surface area contributed by atoms with Gasteiger partial charge in [0, 0.05) is 31.4 Å². The smallest absolute Gasteiger partial charge is 0.191 e. The Hall–Kier alpha value is -1.90. The fourth-order valence-corrected chi connectivity index (χ4v) is 2.18. The van der Waals surface area contributed by atoms with Crippen molar-refractivity contribution in [3.8, 4) is 5.75 Å². The quantitative estimate of drug-likeness (QED) is 0.381. The number of methoxy groups -OCH3 is 1. The molecule has 2 aromatic rings. The van der Waals surface area contributed by atoms with E-state index in [1.807, 2.05) is 31.2 Å². The number of rotatable bonds is 7. The Kier molecular flexibility index (Phi) is 9.83. The second-order valence-corrected chi connectivity index (χ2v) is 5.16. The molecule has 7 heteroatoms. The maximum Gasteiger partial charge on any atom is 0.191 e. The monoisotopic (exact) mass is 458 g/mol. The molecule has 0 saturated heterocycles. The molecular weight excluding hydrogens is 434 g/mol. The van der Waals surface area contributed by atoms with Gasteiger partial charge in [-0.05, 0) is 36.8 Å². The average molecular weight is 458 g/mol. The molecule has 1 aromatic heterocycles. The predicted molar refractivity (Wildman–Crippen MR) is 109 cm³/mol. The fourth-order valence-electron chi connectivity index (χ4n) is 2.18. The molecule has 1 aromatic carbocycles. The van der Waals surface area contributed by atoms with Gasteiger partial charge in [0.05, 0.1) is 13.7 Å². The number of benzene rings is 1. The van der Waals surface area contributed by atoms with E-state index in [1.54, 1.807) is 12.3 Å². The molecule has 0 bridgehead atoms. The van der Waals surface area contributed by atoms with Gasteiger partial charge in [-0.15, -0.1) is 24.0 Å². The Balaban J connectivity index is 0.00000312. The summed E-state index contributed by atoms with van der Waals surface area (Å²) in [4.78, 5) is 8.77. The molecule has 0 atom stereocenters. The predicted octanol–water partition coefficient (Wildman–Crippen LogP) is 3.15. The van der Waals surface area contributed by atoms with Gasteiger partial charge in [-0.3, -0.25) is 4.98 Å². The summed E-state index contributed by atoms with van der Waals surface area (Å²) in [6, 6.07) is 10.7. The summed E-state index contributed by atoms with van der Waals surface area (Å²) in [7, 11) is 1.45. The van der Waals surface area contributed by atoms with Gasteiger partial charge in [0.25, 0.3) is 0 Å². The zero-order valence-corrected chi connectivity index (χ0v) is 16.8. The van der Waals surface area contributed by atoms with E-state index in [1.165, 1.54) is 13.2 Å². The Morgan fingerprint density at radius 1 is 1.24 bits per heavy atom. The number of halogens is 2. The van der Waals surface area contributed by atoms with E-state index < -0.39 is 0 Å². The van der Waals surface area contributed by atoms with Gasteiger partial charge in [0.2, 0.25) is 0 Å². The van der Waals surface area contributed by atoms with Crippen LogP contribution >= 0.6 is 24.0 Å². The third kappa shape index (κ3) is 7.25. The molecule has 0 spiro atoms. The van der Waals surface area contributed by atoms with Crippen LogP contribution in [-0.4, -0.2) is 31.1 Å². The molecule has 0 aliphatic rings. The first-order valence-electron chi connectivity index (χ1n) is 7.97. The molecule has 0 aliphatic carbocycles. The third-order valence-electron chi connectivity index (χ3n) is 3.38. The van der Waals surface area contributed by atoms with E-state index in [4.69, 9.17) is 4.74 Å². The van der Waals surface area contributed by atoms with E-state index in [-0.39, 0.29) is 35.5 Å². The summed E-state index contributed by atoms with van der Waals surface area (Å²) >= 11 is 0. The van der Waals surface area contributed by atoms with Crippen molar-refractivity contribution in [3.05, 3.63) is 59.7 Å². The van der Waals surface area contributed by atoms with Crippen LogP contribution in [0.4, 0.5) is 4.39 Å². The van der Waals surface area contributed by atoms with Crippen LogP contribution in [0, 0.1) is 5.82 Å². The number of nitrogens with one attached hydrogen (secondary N) is 2. The molecule has 25 heavy (non-hydrogen) atoms. The van der Waals surface area contributed by atoms with Crippen molar-refractivity contribution in [2.45, 2.75) is 19.9 Å². The highest BCUT2D eigenvalue weighted by Gasteiger charge is 2.04. The molecule has 1 heterocycles. The molecule has 2 N–H and O–H groups in total. The van der Waals surface area contributed by atoms with Crippen LogP contribution in [0.3, 0.4) is 0 Å². The van der Waals surface area contributed by atoms with Crippen molar-refractivity contribution in [2.24, 2.45) is 4.99 Å². The molecular formula is C18H24FIN4O. The molecule has 0 amide bonds. The zero-order chi connectivity index (χ0) is 17.2. The van der Waals surface area contributed by atoms with Crippen molar-refractivity contribution >= 4 is 29.9 Å². The van der Waals surface area contributed by atoms with Crippen LogP contribution in [0.15, 0.2) is 47.6 Å². The van der Waals surface area contributed by atoms with Crippen LogP contribution in [-0.2, 0) is 13.0 Å². The lowest BCUT2D eigenvalue weighted by molar-refractivity contribution is 0.386. The van der Waals surface area contributed by atoms with Crippen LogP contribution in [0.2, 0.25) is 0 Å². The molecule has 0 saturated carbocycles. The maximum absolute atomic E-state index is 13.7. The number of pyridine rings is 1. The summed E-state index contributed by atoms with van der Waals surface area (Å²) in [6.45, 7) is 3.87. The summed E-state index contributed by atoms with van der Waals surface area (Å²) in [5.41, 5.74) is 1.81. The van der Waals surface area contributed by atoms with E-state index in [9.17, 15) is 4.39 Å². The number of guanidine groups is 1. The van der Waals surface area contributed by atoms with Crippen molar-refractivity contribution in [2.75, 3.05) is 20.2 Å². The Bertz CT molecular complexity index is 667. The Morgan fingerprint density at radius 2 is 2.08 bits per heavy atom. The normalized spacial score (nSPS) is 10.8. The Morgan fingerprint density at radius 3 is 2.72 bits per heavy atom. The van der Waals surface area contributed by atoms with E-state index in [0.29, 0.717) is 12.5 Å². The molecule has 0 radical (unpaired) electrons. The highest BCUT2D eigenvalue weighted by molar-refractivity contribution is 14.0. The topological polar surface area (TPSA) is 58.5 Å². The number of hydrogen-bond donors (Lipinski definition) is 2. The number of aromatic nitrogens is 1. The SMILES string of the molecule is CCNC(=NCc1ccc(OC)c(F)c1)NCCc1ccccn1.I. The summed E-state index contributed by atoms with van der Waals surface area (Å²) in [5.74, 6) is 0.561. The van der Waals surface area contributed by atoms with Gasteiger partial charge in [-0.1, -0.05) is 12.1 Å². The van der Waals surface area contributed by atoms with Crippen LogP contribution in [0.5, 0.6) is 5.75 Å². The lowest BCUT2D eigenvalue weighted by Crippen LogP contribution is -2.38. The molecule has 2 rings (SSSR count). The van der Waals surface area contributed by atoms with Gasteiger partial charge in [-0.2, -0.15) is 0 Å². The van der Waals surface area contributed by atoms with Crippen molar-refractivity contribution in [1.29, 1.82) is 0 Å². The van der Waals surface area contributed by atoms with Crippen molar-refractivity contribution in [1.82, 2.24) is 15.6 Å². The molecule has 0 fully saturated rings. The van der Waals surface area contributed by atoms with Gasteiger partial charge in [0.15, 0.2) is 17.5 Å². The number of hydrogen-bond acceptors (Lipinski definition) is 3. The lowest BCUT2D eigenvalue weighted by atomic mass is 10.2. The summed E-state index contributed by atoms with van der Waals surface area (Å²) in [5, 5.41) is 6.43. The Labute approximate surface area is 165 Å². The zero-order valence-electron chi connectivity index (χ0n) is 14.5. The third-order valence-corrected chi connectivity index (χ3v) is 3.38. The summed E-state index contributed by atoms with van der Waals surface area (Å²) in [6.07, 6.45) is 2.59. The minimum Gasteiger partial charge on any atom is -0.494 e. The molecule has 5 nitrogen and oxygen atoms in total. The largest absolute Gasteiger partial charge is 0.494 e. The number of nitrogens with zero attached hydrogens (tertiary/aromatic N) is 2. The van der Waals surface area contributed by atoms with E-state index in [2.05, 4.69) is 20.6 Å². The van der Waals surface area contributed by atoms with E-state index in [0.717, 1.165) is 30.8 Å². The average Bonchev–Trinajstić information content (AvgIpc) is 2.60. The van der Waals surface area contributed by atoms with Gasteiger partial charge >= 0.3 is 0 Å². The number of aliphatic imine (C=N–C) groups is 1. The van der Waals surface area contributed by atoms with Crippen LogP contribution in [0.25, 0.3) is 0 Å². The molecule has 0 aliphatic heterocycles. The maximum atomic E-state index is 13.7. The number of ether oxygens (including phenoxy) is 1.